The molecule has 8 nitrogen and oxygen atoms in total. The van der Waals surface area contributed by atoms with Gasteiger partial charge in [0.05, 0.1) is 17.7 Å². The fraction of sp³-hybridized carbons (Fsp3) is 0.278. The summed E-state index contributed by atoms with van der Waals surface area (Å²) in [5, 5.41) is 3.14. The second-order valence-corrected chi connectivity index (χ2v) is 13.2. The molecule has 0 bridgehead atoms. The van der Waals surface area contributed by atoms with E-state index in [-0.39, 0.29) is 35.5 Å². The van der Waals surface area contributed by atoms with Gasteiger partial charge in [-0.3, -0.25) is 13.9 Å². The summed E-state index contributed by atoms with van der Waals surface area (Å²) >= 11 is 0. The van der Waals surface area contributed by atoms with Crippen LogP contribution in [-0.4, -0.2) is 50.9 Å². The first-order chi connectivity index (χ1) is 22.3. The Hall–Kier alpha value is -4.70. The maximum atomic E-state index is 15.3. The minimum absolute atomic E-state index is 0.00656. The molecule has 0 saturated heterocycles. The first-order valence-corrected chi connectivity index (χ1v) is 16.8. The smallest absolute Gasteiger partial charge is 0.264 e. The highest BCUT2D eigenvalue weighted by Gasteiger charge is 2.36. The summed E-state index contributed by atoms with van der Waals surface area (Å²) in [6.45, 7) is -0.744. The number of benzene rings is 4. The van der Waals surface area contributed by atoms with Crippen molar-refractivity contribution in [3.63, 3.8) is 0 Å². The van der Waals surface area contributed by atoms with Gasteiger partial charge < -0.3 is 15.0 Å². The van der Waals surface area contributed by atoms with E-state index in [2.05, 4.69) is 5.32 Å². The van der Waals surface area contributed by atoms with Crippen molar-refractivity contribution in [2.24, 2.45) is 0 Å². The lowest BCUT2D eigenvalue weighted by molar-refractivity contribution is -0.140. The molecule has 0 aromatic heterocycles. The minimum Gasteiger partial charge on any atom is -0.497 e. The predicted molar refractivity (Wildman–Crippen MR) is 175 cm³/mol. The van der Waals surface area contributed by atoms with Crippen molar-refractivity contribution >= 4 is 27.5 Å². The van der Waals surface area contributed by atoms with Gasteiger partial charge in [0, 0.05) is 19.0 Å². The van der Waals surface area contributed by atoms with Crippen LogP contribution in [0.3, 0.4) is 0 Å². The van der Waals surface area contributed by atoms with Crippen LogP contribution in [0.5, 0.6) is 5.75 Å². The number of halogens is 1. The summed E-state index contributed by atoms with van der Waals surface area (Å²) in [6.07, 6.45) is 3.92. The van der Waals surface area contributed by atoms with Crippen molar-refractivity contribution in [1.82, 2.24) is 10.2 Å². The highest BCUT2D eigenvalue weighted by Crippen LogP contribution is 2.28. The number of hydrogen-bond donors (Lipinski definition) is 1. The normalized spacial score (nSPS) is 14.0. The number of anilines is 1. The molecule has 240 valence electrons. The zero-order chi connectivity index (χ0) is 32.5. The van der Waals surface area contributed by atoms with E-state index in [1.165, 1.54) is 42.3 Å². The SMILES string of the molecule is COc1cccc(CN(C(=O)CN(c2ccccc2F)S(=O)(=O)c2ccccc2)C(Cc2ccccc2)C(=O)NC2CCCC2)c1. The summed E-state index contributed by atoms with van der Waals surface area (Å²) in [4.78, 5) is 29.9. The highest BCUT2D eigenvalue weighted by molar-refractivity contribution is 7.92. The Morgan fingerprint density at radius 2 is 1.50 bits per heavy atom. The zero-order valence-electron chi connectivity index (χ0n) is 25.7. The van der Waals surface area contributed by atoms with Gasteiger partial charge in [-0.1, -0.05) is 85.6 Å². The lowest BCUT2D eigenvalue weighted by Gasteiger charge is -2.34. The number of nitrogens with one attached hydrogen (secondary N) is 1. The first kappa shape index (κ1) is 32.7. The van der Waals surface area contributed by atoms with E-state index < -0.39 is 34.3 Å². The van der Waals surface area contributed by atoms with Gasteiger partial charge in [-0.15, -0.1) is 0 Å². The molecule has 0 radical (unpaired) electrons. The third-order valence-corrected chi connectivity index (χ3v) is 9.96. The molecule has 1 aliphatic rings. The lowest BCUT2D eigenvalue weighted by atomic mass is 10.0. The monoisotopic (exact) mass is 643 g/mol. The van der Waals surface area contributed by atoms with Crippen LogP contribution < -0.4 is 14.4 Å². The van der Waals surface area contributed by atoms with Crippen molar-refractivity contribution in [3.05, 3.63) is 126 Å². The molecule has 10 heteroatoms. The molecule has 0 spiro atoms. The fourth-order valence-corrected chi connectivity index (χ4v) is 7.22. The largest absolute Gasteiger partial charge is 0.497 e. The number of methoxy groups -OCH3 is 1. The van der Waals surface area contributed by atoms with Crippen molar-refractivity contribution in [3.8, 4) is 5.75 Å². The van der Waals surface area contributed by atoms with E-state index in [1.807, 2.05) is 36.4 Å². The number of rotatable bonds is 13. The molecule has 1 atom stereocenters. The molecule has 2 amide bonds. The Kier molecular flexibility index (Phi) is 10.7. The molecule has 0 heterocycles. The third-order valence-electron chi connectivity index (χ3n) is 8.19. The topological polar surface area (TPSA) is 96.0 Å². The number of nitrogens with zero attached hydrogens (tertiary/aromatic N) is 2. The first-order valence-electron chi connectivity index (χ1n) is 15.4. The van der Waals surface area contributed by atoms with Gasteiger partial charge in [0.2, 0.25) is 11.8 Å². The molecule has 1 N–H and O–H groups in total. The van der Waals surface area contributed by atoms with Crippen LogP contribution in [0.4, 0.5) is 10.1 Å². The van der Waals surface area contributed by atoms with E-state index >= 15 is 4.39 Å². The van der Waals surface area contributed by atoms with Gasteiger partial charge in [0.1, 0.15) is 24.2 Å². The minimum atomic E-state index is -4.39. The number of amides is 2. The van der Waals surface area contributed by atoms with Crippen LogP contribution in [0.1, 0.15) is 36.8 Å². The Morgan fingerprint density at radius 1 is 0.870 bits per heavy atom. The van der Waals surface area contributed by atoms with E-state index in [0.717, 1.165) is 41.6 Å². The molecular formula is C36H38FN3O5S. The number of sulfonamides is 1. The fourth-order valence-electron chi connectivity index (χ4n) is 5.78. The number of ether oxygens (including phenoxy) is 1. The van der Waals surface area contributed by atoms with Gasteiger partial charge in [0.15, 0.2) is 0 Å². The second kappa shape index (κ2) is 15.1. The molecule has 1 fully saturated rings. The molecule has 46 heavy (non-hydrogen) atoms. The van der Waals surface area contributed by atoms with Crippen LogP contribution in [0.2, 0.25) is 0 Å². The molecule has 4 aromatic carbocycles. The molecule has 1 aliphatic carbocycles. The zero-order valence-corrected chi connectivity index (χ0v) is 26.5. The summed E-state index contributed by atoms with van der Waals surface area (Å²) in [6, 6.07) is 28.5. The van der Waals surface area contributed by atoms with Crippen LogP contribution in [-0.2, 0) is 32.6 Å². The Morgan fingerprint density at radius 3 is 2.17 bits per heavy atom. The van der Waals surface area contributed by atoms with E-state index in [1.54, 1.807) is 36.4 Å². The number of hydrogen-bond acceptors (Lipinski definition) is 5. The summed E-state index contributed by atoms with van der Waals surface area (Å²) in [5.41, 5.74) is 1.25. The molecular weight excluding hydrogens is 605 g/mol. The van der Waals surface area contributed by atoms with Crippen molar-refractivity contribution in [2.75, 3.05) is 18.0 Å². The third kappa shape index (κ3) is 7.92. The maximum Gasteiger partial charge on any atom is 0.264 e. The van der Waals surface area contributed by atoms with E-state index in [0.29, 0.717) is 11.3 Å². The molecule has 1 saturated carbocycles. The van der Waals surface area contributed by atoms with Crippen LogP contribution in [0, 0.1) is 5.82 Å². The highest BCUT2D eigenvalue weighted by atomic mass is 32.2. The summed E-state index contributed by atoms with van der Waals surface area (Å²) < 4.78 is 49.5. The summed E-state index contributed by atoms with van der Waals surface area (Å²) in [7, 11) is -2.85. The lowest BCUT2D eigenvalue weighted by Crippen LogP contribution is -2.54. The van der Waals surface area contributed by atoms with Crippen LogP contribution in [0.15, 0.2) is 114 Å². The number of carbonyl (C=O) groups is 2. The van der Waals surface area contributed by atoms with E-state index in [9.17, 15) is 18.0 Å². The van der Waals surface area contributed by atoms with Crippen LogP contribution >= 0.6 is 0 Å². The van der Waals surface area contributed by atoms with Gasteiger partial charge >= 0.3 is 0 Å². The Bertz CT molecular complexity index is 1730. The van der Waals surface area contributed by atoms with Crippen molar-refractivity contribution in [1.29, 1.82) is 0 Å². The number of carbonyl (C=O) groups excluding carboxylic acids is 2. The van der Waals surface area contributed by atoms with Crippen LogP contribution in [0.25, 0.3) is 0 Å². The van der Waals surface area contributed by atoms with E-state index in [4.69, 9.17) is 4.74 Å². The molecule has 1 unspecified atom stereocenters. The standard InChI is InChI=1S/C36H38FN3O5S/c1-45-30-18-12-15-28(23-30)25-39(34(24-27-13-4-2-5-14-27)36(42)38-29-16-8-9-17-29)35(41)26-40(33-22-11-10-21-32(33)37)46(43,44)31-19-6-3-7-20-31/h2-7,10-15,18-23,29,34H,8-9,16-17,24-26H2,1H3,(H,38,42). The molecule has 4 aromatic rings. The quantitative estimate of drug-likeness (QED) is 0.201. The van der Waals surface area contributed by atoms with Gasteiger partial charge in [-0.2, -0.15) is 0 Å². The summed E-state index contributed by atoms with van der Waals surface area (Å²) in [5.74, 6) is -1.21. The van der Waals surface area contributed by atoms with Gasteiger partial charge in [-0.05, 0) is 60.4 Å². The maximum absolute atomic E-state index is 15.3. The Balaban J connectivity index is 1.58. The van der Waals surface area contributed by atoms with Crippen molar-refractivity contribution < 1.29 is 27.1 Å². The number of para-hydroxylation sites is 1. The van der Waals surface area contributed by atoms with Gasteiger partial charge in [0.25, 0.3) is 10.0 Å². The van der Waals surface area contributed by atoms with Gasteiger partial charge in [-0.25, -0.2) is 12.8 Å². The molecule has 0 aliphatic heterocycles. The predicted octanol–water partition coefficient (Wildman–Crippen LogP) is 5.73. The average Bonchev–Trinajstić information content (AvgIpc) is 3.59. The molecule has 5 rings (SSSR count). The average molecular weight is 644 g/mol. The van der Waals surface area contributed by atoms with Crippen molar-refractivity contribution in [2.45, 2.75) is 55.6 Å². The second-order valence-electron chi connectivity index (χ2n) is 11.3. The Labute approximate surface area is 269 Å².